The Morgan fingerprint density at radius 3 is 2.22 bits per heavy atom. The predicted octanol–water partition coefficient (Wildman–Crippen LogP) is 5.23. The molecule has 0 radical (unpaired) electrons. The first-order valence-corrected chi connectivity index (χ1v) is 6.90. The minimum atomic E-state index is -1.96. The lowest BCUT2D eigenvalue weighted by molar-refractivity contribution is -0.106. The van der Waals surface area contributed by atoms with Crippen molar-refractivity contribution in [1.29, 1.82) is 0 Å². The first kappa shape index (κ1) is 19.1. The molecule has 124 valence electrons. The summed E-state index contributed by atoms with van der Waals surface area (Å²) in [5, 5.41) is -0.756. The van der Waals surface area contributed by atoms with Crippen LogP contribution in [-0.4, -0.2) is 11.3 Å². The minimum Gasteiger partial charge on any atom is -0.304 e. The molecule has 0 aliphatic carbocycles. The summed E-state index contributed by atoms with van der Waals surface area (Å²) in [6.07, 6.45) is 1.91. The Bertz CT molecular complexity index is 714. The second-order valence-corrected chi connectivity index (χ2v) is 5.33. The van der Waals surface area contributed by atoms with Crippen molar-refractivity contribution in [1.82, 2.24) is 4.98 Å². The molecule has 0 amide bonds. The third-order valence-corrected chi connectivity index (χ3v) is 3.17. The standard InChI is InChI=1S/C14H10ClF4N.C2H4O/c1-14(2,19)8-5-6-20-13(12(8)18)7-3-4-9(16)10(15)11(7)17;1-2-3/h3-6H,1-2H3;2H,1H3. The maximum Gasteiger partial charge on any atom is 0.155 e. The average Bonchev–Trinajstić information content (AvgIpc) is 2.45. The molecule has 0 spiro atoms. The molecular formula is C16H14ClF4NO. The molecule has 23 heavy (non-hydrogen) atoms. The Balaban J connectivity index is 0.000000816. The molecule has 7 heteroatoms. The summed E-state index contributed by atoms with van der Waals surface area (Å²) in [7, 11) is 0. The van der Waals surface area contributed by atoms with Crippen molar-refractivity contribution in [3.63, 3.8) is 0 Å². The maximum absolute atomic E-state index is 14.3. The van der Waals surface area contributed by atoms with Gasteiger partial charge in [0.15, 0.2) is 11.6 Å². The highest BCUT2D eigenvalue weighted by Gasteiger charge is 2.27. The zero-order valence-corrected chi connectivity index (χ0v) is 13.4. The van der Waals surface area contributed by atoms with Gasteiger partial charge in [0, 0.05) is 17.3 Å². The summed E-state index contributed by atoms with van der Waals surface area (Å²) in [5.74, 6) is -3.09. The van der Waals surface area contributed by atoms with Crippen molar-refractivity contribution in [3.8, 4) is 11.3 Å². The maximum atomic E-state index is 14.3. The van der Waals surface area contributed by atoms with Gasteiger partial charge in [-0.05, 0) is 39.0 Å². The summed E-state index contributed by atoms with van der Waals surface area (Å²) >= 11 is 5.44. The van der Waals surface area contributed by atoms with Crippen LogP contribution in [0.15, 0.2) is 24.4 Å². The summed E-state index contributed by atoms with van der Waals surface area (Å²) in [6.45, 7) is 3.78. The number of rotatable bonds is 2. The number of carbonyl (C=O) groups is 1. The molecule has 0 aliphatic heterocycles. The third-order valence-electron chi connectivity index (χ3n) is 2.82. The second kappa shape index (κ2) is 7.55. The van der Waals surface area contributed by atoms with E-state index in [1.54, 1.807) is 0 Å². The highest BCUT2D eigenvalue weighted by atomic mass is 35.5. The van der Waals surface area contributed by atoms with E-state index in [2.05, 4.69) is 4.98 Å². The molecule has 0 bridgehead atoms. The Labute approximate surface area is 136 Å². The number of hydrogen-bond acceptors (Lipinski definition) is 2. The summed E-state index contributed by atoms with van der Waals surface area (Å²) < 4.78 is 55.1. The van der Waals surface area contributed by atoms with Crippen LogP contribution in [0.2, 0.25) is 5.02 Å². The monoisotopic (exact) mass is 347 g/mol. The molecule has 1 aromatic carbocycles. The lowest BCUT2D eigenvalue weighted by Gasteiger charge is -2.17. The fourth-order valence-corrected chi connectivity index (χ4v) is 1.96. The van der Waals surface area contributed by atoms with Gasteiger partial charge in [-0.1, -0.05) is 11.6 Å². The van der Waals surface area contributed by atoms with Crippen molar-refractivity contribution in [2.45, 2.75) is 26.4 Å². The molecule has 2 rings (SSSR count). The molecule has 0 saturated heterocycles. The van der Waals surface area contributed by atoms with E-state index >= 15 is 0 Å². The second-order valence-electron chi connectivity index (χ2n) is 4.95. The average molecular weight is 348 g/mol. The van der Waals surface area contributed by atoms with E-state index in [9.17, 15) is 17.6 Å². The number of nitrogens with zero attached hydrogens (tertiary/aromatic N) is 1. The van der Waals surface area contributed by atoms with Crippen LogP contribution < -0.4 is 0 Å². The van der Waals surface area contributed by atoms with E-state index in [4.69, 9.17) is 16.4 Å². The van der Waals surface area contributed by atoms with Crippen LogP contribution in [0.4, 0.5) is 17.6 Å². The molecular weight excluding hydrogens is 334 g/mol. The van der Waals surface area contributed by atoms with Crippen molar-refractivity contribution in [2.75, 3.05) is 0 Å². The summed E-state index contributed by atoms with van der Waals surface area (Å²) in [4.78, 5) is 12.5. The number of halogens is 5. The Hall–Kier alpha value is -1.95. The molecule has 1 aromatic heterocycles. The summed E-state index contributed by atoms with van der Waals surface area (Å²) in [5.41, 5.74) is -2.95. The Morgan fingerprint density at radius 2 is 1.70 bits per heavy atom. The fraction of sp³-hybridized carbons (Fsp3) is 0.250. The van der Waals surface area contributed by atoms with Gasteiger partial charge >= 0.3 is 0 Å². The number of aldehydes is 1. The van der Waals surface area contributed by atoms with Crippen LogP contribution in [0.25, 0.3) is 11.3 Å². The molecule has 2 nitrogen and oxygen atoms in total. The van der Waals surface area contributed by atoms with Crippen LogP contribution in [-0.2, 0) is 10.5 Å². The summed E-state index contributed by atoms with van der Waals surface area (Å²) in [6, 6.07) is 3.08. The predicted molar refractivity (Wildman–Crippen MR) is 80.4 cm³/mol. The molecule has 0 N–H and O–H groups in total. The van der Waals surface area contributed by atoms with E-state index in [-0.39, 0.29) is 11.1 Å². The number of benzene rings is 1. The van der Waals surface area contributed by atoms with Gasteiger partial charge < -0.3 is 4.79 Å². The lowest BCUT2D eigenvalue weighted by Crippen LogP contribution is -2.13. The Morgan fingerprint density at radius 1 is 1.13 bits per heavy atom. The number of aromatic nitrogens is 1. The highest BCUT2D eigenvalue weighted by Crippen LogP contribution is 2.34. The van der Waals surface area contributed by atoms with Crippen LogP contribution >= 0.6 is 11.6 Å². The number of alkyl halides is 1. The molecule has 0 unspecified atom stereocenters. The van der Waals surface area contributed by atoms with Gasteiger partial charge in [0.2, 0.25) is 0 Å². The lowest BCUT2D eigenvalue weighted by atomic mass is 9.98. The normalized spacial score (nSPS) is 10.8. The van der Waals surface area contributed by atoms with Crippen LogP contribution in [0, 0.1) is 17.5 Å². The van der Waals surface area contributed by atoms with E-state index in [0.717, 1.165) is 24.6 Å². The van der Waals surface area contributed by atoms with E-state index in [1.165, 1.54) is 26.8 Å². The van der Waals surface area contributed by atoms with Crippen molar-refractivity contribution < 1.29 is 22.4 Å². The first-order chi connectivity index (χ1) is 10.6. The molecule has 0 fully saturated rings. The molecule has 0 saturated carbocycles. The van der Waals surface area contributed by atoms with Gasteiger partial charge in [0.1, 0.15) is 28.5 Å². The van der Waals surface area contributed by atoms with Gasteiger partial charge in [-0.2, -0.15) is 0 Å². The van der Waals surface area contributed by atoms with Crippen LogP contribution in [0.3, 0.4) is 0 Å². The minimum absolute atomic E-state index is 0.262. The van der Waals surface area contributed by atoms with Crippen molar-refractivity contribution in [2.24, 2.45) is 0 Å². The van der Waals surface area contributed by atoms with Crippen molar-refractivity contribution >= 4 is 17.9 Å². The Kier molecular flexibility index (Phi) is 6.27. The quantitative estimate of drug-likeness (QED) is 0.423. The largest absolute Gasteiger partial charge is 0.304 e. The first-order valence-electron chi connectivity index (χ1n) is 6.52. The van der Waals surface area contributed by atoms with Gasteiger partial charge in [0.05, 0.1) is 0 Å². The molecule has 2 aromatic rings. The van der Waals surface area contributed by atoms with E-state index < -0.39 is 33.8 Å². The third kappa shape index (κ3) is 4.28. The zero-order valence-electron chi connectivity index (χ0n) is 12.6. The van der Waals surface area contributed by atoms with Gasteiger partial charge in [-0.25, -0.2) is 17.6 Å². The SMILES string of the molecule is CC(C)(F)c1ccnc(-c2ccc(F)c(Cl)c2F)c1F.CC=O. The molecule has 1 heterocycles. The number of hydrogen-bond donors (Lipinski definition) is 0. The molecule has 0 aliphatic rings. The molecule has 0 atom stereocenters. The van der Waals surface area contributed by atoms with Gasteiger partial charge in [-0.3, -0.25) is 4.98 Å². The van der Waals surface area contributed by atoms with E-state index in [1.807, 2.05) is 0 Å². The van der Waals surface area contributed by atoms with Crippen molar-refractivity contribution in [3.05, 3.63) is 52.4 Å². The smallest absolute Gasteiger partial charge is 0.155 e. The van der Waals surface area contributed by atoms with E-state index in [0.29, 0.717) is 0 Å². The van der Waals surface area contributed by atoms with Gasteiger partial charge in [0.25, 0.3) is 0 Å². The fourth-order valence-electron chi connectivity index (χ4n) is 1.80. The zero-order chi connectivity index (χ0) is 17.8. The highest BCUT2D eigenvalue weighted by molar-refractivity contribution is 6.31. The van der Waals surface area contributed by atoms with Gasteiger partial charge in [-0.15, -0.1) is 0 Å². The number of pyridine rings is 1. The van der Waals surface area contributed by atoms with Crippen LogP contribution in [0.5, 0.6) is 0 Å². The topological polar surface area (TPSA) is 30.0 Å². The number of carbonyl (C=O) groups excluding carboxylic acids is 1. The van der Waals surface area contributed by atoms with Crippen LogP contribution in [0.1, 0.15) is 26.3 Å².